The lowest BCUT2D eigenvalue weighted by atomic mass is 10.3. The Morgan fingerprint density at radius 1 is 1.43 bits per heavy atom. The smallest absolute Gasteiger partial charge is 0.275 e. The molecule has 0 saturated heterocycles. The second-order valence-electron chi connectivity index (χ2n) is 2.93. The van der Waals surface area contributed by atoms with E-state index in [1.54, 1.807) is 0 Å². The number of halogens is 1. The highest BCUT2D eigenvalue weighted by Gasteiger charge is 2.54. The van der Waals surface area contributed by atoms with Crippen molar-refractivity contribution in [2.45, 2.75) is 13.8 Å². The fraction of sp³-hybridized carbons (Fsp3) is 0.375. The number of hydrogen-bond acceptors (Lipinski definition) is 3. The van der Waals surface area contributed by atoms with Crippen molar-refractivity contribution in [2.24, 2.45) is 0 Å². The van der Waals surface area contributed by atoms with Crippen molar-refractivity contribution in [3.05, 3.63) is 11.9 Å². The van der Waals surface area contributed by atoms with Gasteiger partial charge in [0, 0.05) is 0 Å². The van der Waals surface area contributed by atoms with Crippen LogP contribution in [0.3, 0.4) is 0 Å². The highest BCUT2D eigenvalue weighted by Crippen LogP contribution is 2.25. The highest BCUT2D eigenvalue weighted by atomic mass is 79.9. The molecule has 0 spiro atoms. The summed E-state index contributed by atoms with van der Waals surface area (Å²) >= 11 is 3.14. The molecule has 1 aliphatic rings. The van der Waals surface area contributed by atoms with Crippen molar-refractivity contribution in [1.82, 2.24) is 5.32 Å². The minimum absolute atomic E-state index is 0.297. The molecule has 0 fully saturated rings. The van der Waals surface area contributed by atoms with Crippen LogP contribution in [0.1, 0.15) is 13.8 Å². The normalized spacial score (nSPS) is 18.8. The van der Waals surface area contributed by atoms with Crippen LogP contribution in [0.2, 0.25) is 0 Å². The third kappa shape index (κ3) is 1.22. The number of amides is 4. The van der Waals surface area contributed by atoms with E-state index in [4.69, 9.17) is 0 Å². The molecule has 0 radical (unpaired) electrons. The van der Waals surface area contributed by atoms with E-state index in [9.17, 15) is 14.4 Å². The summed E-state index contributed by atoms with van der Waals surface area (Å²) in [6, 6.07) is -0.612. The summed E-state index contributed by atoms with van der Waals surface area (Å²) in [5.74, 6) is -1.00. The van der Waals surface area contributed by atoms with Gasteiger partial charge >= 0.3 is 17.8 Å². The minimum atomic E-state index is -0.856. The van der Waals surface area contributed by atoms with Crippen LogP contribution in [-0.4, -0.2) is 27.7 Å². The topological polar surface area (TPSA) is 63.2 Å². The van der Waals surface area contributed by atoms with Gasteiger partial charge in [0.15, 0.2) is 5.70 Å². The first-order valence-corrected chi connectivity index (χ1v) is 5.08. The van der Waals surface area contributed by atoms with Crippen molar-refractivity contribution in [3.8, 4) is 0 Å². The molecule has 0 aliphatic carbocycles. The lowest BCUT2D eigenvalue weighted by Gasteiger charge is -2.23. The molecule has 76 valence electrons. The Kier molecular flexibility index (Phi) is 2.86. The summed E-state index contributed by atoms with van der Waals surface area (Å²) in [4.78, 5) is 34.3. The van der Waals surface area contributed by atoms with E-state index in [0.717, 1.165) is 0 Å². The highest BCUT2D eigenvalue weighted by molar-refractivity contribution is 9.09. The quantitative estimate of drug-likeness (QED) is 0.563. The summed E-state index contributed by atoms with van der Waals surface area (Å²) in [6.45, 7) is 2.45. The van der Waals surface area contributed by atoms with Crippen molar-refractivity contribution in [2.75, 3.05) is 5.33 Å². The lowest BCUT2D eigenvalue weighted by Crippen LogP contribution is -2.57. The van der Waals surface area contributed by atoms with Crippen molar-refractivity contribution < 1.29 is 18.9 Å². The fourth-order valence-electron chi connectivity index (χ4n) is 1.51. The molecule has 5 nitrogen and oxygen atoms in total. The van der Waals surface area contributed by atoms with Gasteiger partial charge in [-0.1, -0.05) is 20.4 Å². The Morgan fingerprint density at radius 2 is 1.93 bits per heavy atom. The van der Waals surface area contributed by atoms with Crippen molar-refractivity contribution in [3.63, 3.8) is 0 Å². The van der Waals surface area contributed by atoms with Crippen LogP contribution in [0.25, 0.3) is 0 Å². The van der Waals surface area contributed by atoms with Gasteiger partial charge < -0.3 is 0 Å². The standard InChI is InChI=1S/C8H9BrN2O3/c1-5(12)11(6(2)13)7(3-9)4-10-8(11)14/h4H,3H2,1-2H3/p+1. The van der Waals surface area contributed by atoms with Gasteiger partial charge in [-0.15, -0.1) is 0 Å². The number of alkyl halides is 1. The first-order chi connectivity index (χ1) is 6.47. The molecule has 1 heterocycles. The average Bonchev–Trinajstić information content (AvgIpc) is 2.42. The summed E-state index contributed by atoms with van der Waals surface area (Å²) in [6.07, 6.45) is 1.39. The zero-order valence-corrected chi connectivity index (χ0v) is 9.42. The van der Waals surface area contributed by atoms with E-state index in [1.807, 2.05) is 0 Å². The number of nitrogens with zero attached hydrogens (tertiary/aromatic N) is 1. The van der Waals surface area contributed by atoms with E-state index in [0.29, 0.717) is 11.0 Å². The van der Waals surface area contributed by atoms with Gasteiger partial charge in [-0.05, 0) is 0 Å². The molecule has 0 aromatic heterocycles. The number of allylic oxidation sites excluding steroid dienone is 1. The zero-order valence-electron chi connectivity index (χ0n) is 7.83. The van der Waals surface area contributed by atoms with Crippen LogP contribution in [0.15, 0.2) is 11.9 Å². The number of imide groups is 3. The van der Waals surface area contributed by atoms with Crippen molar-refractivity contribution >= 4 is 33.8 Å². The van der Waals surface area contributed by atoms with Gasteiger partial charge in [0.25, 0.3) is 0 Å². The molecule has 14 heavy (non-hydrogen) atoms. The van der Waals surface area contributed by atoms with Gasteiger partial charge in [-0.2, -0.15) is 0 Å². The molecule has 1 aliphatic heterocycles. The summed E-state index contributed by atoms with van der Waals surface area (Å²) in [7, 11) is 0. The number of hydrogen-bond donors (Lipinski definition) is 1. The van der Waals surface area contributed by atoms with Crippen LogP contribution in [-0.2, 0) is 9.59 Å². The number of carbonyl (C=O) groups is 3. The molecule has 0 unspecified atom stereocenters. The van der Waals surface area contributed by atoms with E-state index in [1.165, 1.54) is 20.0 Å². The number of rotatable bonds is 1. The maximum Gasteiger partial charge on any atom is 0.440 e. The third-order valence-corrected chi connectivity index (χ3v) is 2.75. The van der Waals surface area contributed by atoms with E-state index < -0.39 is 22.3 Å². The molecule has 6 heteroatoms. The second-order valence-corrected chi connectivity index (χ2v) is 3.49. The van der Waals surface area contributed by atoms with E-state index >= 15 is 0 Å². The van der Waals surface area contributed by atoms with E-state index in [-0.39, 0.29) is 0 Å². The maximum absolute atomic E-state index is 11.5. The fourth-order valence-corrected chi connectivity index (χ4v) is 2.05. The molecule has 4 amide bonds. The number of nitrogens with one attached hydrogen (secondary N) is 1. The Balaban J connectivity index is 3.33. The third-order valence-electron chi connectivity index (χ3n) is 2.18. The average molecular weight is 262 g/mol. The van der Waals surface area contributed by atoms with Crippen LogP contribution >= 0.6 is 15.9 Å². The van der Waals surface area contributed by atoms with Crippen LogP contribution in [0.4, 0.5) is 4.79 Å². The van der Waals surface area contributed by atoms with Crippen LogP contribution < -0.4 is 5.32 Å². The molecular formula is C8H10BrN2O3+. The minimum Gasteiger partial charge on any atom is -0.275 e. The first kappa shape index (κ1) is 11.1. The molecule has 0 saturated carbocycles. The Bertz CT molecular complexity index is 334. The molecule has 0 atom stereocenters. The molecular weight excluding hydrogens is 252 g/mol. The van der Waals surface area contributed by atoms with Gasteiger partial charge in [0.1, 0.15) is 0 Å². The Hall–Kier alpha value is -1.01. The number of carbonyl (C=O) groups excluding carboxylic acids is 3. The predicted molar refractivity (Wildman–Crippen MR) is 52.0 cm³/mol. The van der Waals surface area contributed by atoms with Crippen molar-refractivity contribution in [1.29, 1.82) is 0 Å². The SMILES string of the molecule is CC(=O)[N+]1(C(C)=O)C(=O)NC=C1CBr. The Labute approximate surface area is 89.5 Å². The lowest BCUT2D eigenvalue weighted by molar-refractivity contribution is -0.646. The number of urea groups is 1. The molecule has 0 aromatic carbocycles. The zero-order chi connectivity index (χ0) is 10.9. The van der Waals surface area contributed by atoms with Gasteiger partial charge in [0.2, 0.25) is 0 Å². The van der Waals surface area contributed by atoms with Gasteiger partial charge in [-0.25, -0.2) is 14.4 Å². The molecule has 1 rings (SSSR count). The molecule has 0 bridgehead atoms. The Morgan fingerprint density at radius 3 is 2.21 bits per heavy atom. The summed E-state index contributed by atoms with van der Waals surface area (Å²) in [5.41, 5.74) is 0.412. The van der Waals surface area contributed by atoms with Gasteiger partial charge in [0.05, 0.1) is 25.4 Å². The molecule has 0 aromatic rings. The maximum atomic E-state index is 11.5. The second kappa shape index (κ2) is 3.62. The van der Waals surface area contributed by atoms with Crippen LogP contribution in [0.5, 0.6) is 0 Å². The molecule has 1 N–H and O–H groups in total. The number of quaternary nitrogens is 1. The van der Waals surface area contributed by atoms with Crippen LogP contribution in [0, 0.1) is 0 Å². The van der Waals surface area contributed by atoms with E-state index in [2.05, 4.69) is 21.2 Å². The summed E-state index contributed by atoms with van der Waals surface area (Å²) in [5, 5.41) is 2.67. The predicted octanol–water partition coefficient (Wildman–Crippen LogP) is 0.856. The largest absolute Gasteiger partial charge is 0.440 e. The van der Waals surface area contributed by atoms with Gasteiger partial charge in [-0.3, -0.25) is 5.32 Å². The first-order valence-electron chi connectivity index (χ1n) is 3.95. The monoisotopic (exact) mass is 261 g/mol. The summed E-state index contributed by atoms with van der Waals surface area (Å²) < 4.78 is -0.856.